The van der Waals surface area contributed by atoms with Gasteiger partial charge in [-0.2, -0.15) is 0 Å². The highest BCUT2D eigenvalue weighted by molar-refractivity contribution is 7.10. The Morgan fingerprint density at radius 1 is 1.39 bits per heavy atom. The van der Waals surface area contributed by atoms with Crippen LogP contribution in [0.25, 0.3) is 0 Å². The number of aromatic carboxylic acids is 1. The lowest BCUT2D eigenvalue weighted by atomic mass is 10.1. The van der Waals surface area contributed by atoms with Gasteiger partial charge in [0.2, 0.25) is 0 Å². The van der Waals surface area contributed by atoms with Crippen LogP contribution < -0.4 is 5.32 Å². The van der Waals surface area contributed by atoms with Crippen LogP contribution in [0.15, 0.2) is 35.7 Å². The molecule has 4 heteroatoms. The number of carbonyl (C=O) groups is 1. The highest BCUT2D eigenvalue weighted by Gasteiger charge is 2.10. The fourth-order valence-electron chi connectivity index (χ4n) is 1.89. The second-order valence-electron chi connectivity index (χ2n) is 4.22. The Hall–Kier alpha value is -1.81. The van der Waals surface area contributed by atoms with Gasteiger partial charge in [0.25, 0.3) is 0 Å². The van der Waals surface area contributed by atoms with Gasteiger partial charge in [0.05, 0.1) is 11.6 Å². The van der Waals surface area contributed by atoms with Gasteiger partial charge < -0.3 is 10.4 Å². The molecular weight excluding hydrogens is 246 g/mol. The number of aryl methyl sites for hydroxylation is 1. The third kappa shape index (κ3) is 2.71. The summed E-state index contributed by atoms with van der Waals surface area (Å²) in [5.74, 6) is -0.904. The maximum Gasteiger partial charge on any atom is 0.335 e. The fraction of sp³-hybridized carbons (Fsp3) is 0.214. The molecule has 0 spiro atoms. The standard InChI is InChI=1S/C14H15NO2S/c1-9-6-7-18-13(9)10(2)15-12-5-3-4-11(8-12)14(16)17/h3-8,10,15H,1-2H3,(H,16,17). The smallest absolute Gasteiger partial charge is 0.335 e. The molecule has 0 saturated heterocycles. The van der Waals surface area contributed by atoms with Gasteiger partial charge in [0.15, 0.2) is 0 Å². The zero-order valence-electron chi connectivity index (χ0n) is 10.3. The van der Waals surface area contributed by atoms with E-state index < -0.39 is 5.97 Å². The van der Waals surface area contributed by atoms with Crippen molar-refractivity contribution in [1.82, 2.24) is 0 Å². The van der Waals surface area contributed by atoms with Gasteiger partial charge in [0.1, 0.15) is 0 Å². The van der Waals surface area contributed by atoms with Crippen LogP contribution in [0.2, 0.25) is 0 Å². The highest BCUT2D eigenvalue weighted by atomic mass is 32.1. The largest absolute Gasteiger partial charge is 0.478 e. The molecule has 2 aromatic rings. The molecule has 1 aromatic heterocycles. The van der Waals surface area contributed by atoms with Gasteiger partial charge in [0, 0.05) is 10.6 Å². The van der Waals surface area contributed by atoms with Crippen LogP contribution in [-0.2, 0) is 0 Å². The SMILES string of the molecule is Cc1ccsc1C(C)Nc1cccc(C(=O)O)c1. The third-order valence-corrected chi connectivity index (χ3v) is 3.99. The van der Waals surface area contributed by atoms with E-state index in [1.807, 2.05) is 6.07 Å². The van der Waals surface area contributed by atoms with Crippen LogP contribution >= 0.6 is 11.3 Å². The Morgan fingerprint density at radius 2 is 2.17 bits per heavy atom. The normalized spacial score (nSPS) is 12.1. The van der Waals surface area contributed by atoms with Crippen molar-refractivity contribution in [3.63, 3.8) is 0 Å². The minimum Gasteiger partial charge on any atom is -0.478 e. The Labute approximate surface area is 110 Å². The summed E-state index contributed by atoms with van der Waals surface area (Å²) in [4.78, 5) is 12.2. The predicted octanol–water partition coefficient (Wildman–Crippen LogP) is 3.93. The maximum absolute atomic E-state index is 10.9. The summed E-state index contributed by atoms with van der Waals surface area (Å²) in [7, 11) is 0. The van der Waals surface area contributed by atoms with Gasteiger partial charge in [-0.25, -0.2) is 4.79 Å². The van der Waals surface area contributed by atoms with Crippen molar-refractivity contribution in [3.05, 3.63) is 51.7 Å². The molecule has 1 aromatic carbocycles. The Kier molecular flexibility index (Phi) is 3.67. The summed E-state index contributed by atoms with van der Waals surface area (Å²) in [6.45, 7) is 4.16. The molecule has 1 unspecified atom stereocenters. The van der Waals surface area contributed by atoms with E-state index in [0.29, 0.717) is 5.56 Å². The second kappa shape index (κ2) is 5.23. The molecule has 0 radical (unpaired) electrons. The molecule has 94 valence electrons. The van der Waals surface area contributed by atoms with Crippen LogP contribution in [-0.4, -0.2) is 11.1 Å². The lowest BCUT2D eigenvalue weighted by Crippen LogP contribution is -2.07. The van der Waals surface area contributed by atoms with E-state index in [2.05, 4.69) is 30.6 Å². The van der Waals surface area contributed by atoms with Crippen molar-refractivity contribution < 1.29 is 9.90 Å². The van der Waals surface area contributed by atoms with E-state index in [9.17, 15) is 4.79 Å². The monoisotopic (exact) mass is 261 g/mol. The van der Waals surface area contributed by atoms with Crippen LogP contribution in [0.1, 0.15) is 33.8 Å². The Balaban J connectivity index is 2.17. The minimum atomic E-state index is -0.904. The first-order chi connectivity index (χ1) is 8.58. The number of carboxylic acids is 1. The molecule has 2 N–H and O–H groups in total. The Bertz CT molecular complexity index is 562. The van der Waals surface area contributed by atoms with Crippen molar-refractivity contribution in [2.75, 3.05) is 5.32 Å². The van der Waals surface area contributed by atoms with Gasteiger partial charge in [-0.05, 0) is 49.1 Å². The Morgan fingerprint density at radius 3 is 2.78 bits per heavy atom. The number of nitrogens with one attached hydrogen (secondary N) is 1. The molecule has 0 saturated carbocycles. The molecular formula is C14H15NO2S. The lowest BCUT2D eigenvalue weighted by molar-refractivity contribution is 0.0697. The number of carboxylic acid groups (broad SMARTS) is 1. The summed E-state index contributed by atoms with van der Waals surface area (Å²) in [6, 6.07) is 9.14. The van der Waals surface area contributed by atoms with Crippen LogP contribution in [0.5, 0.6) is 0 Å². The number of benzene rings is 1. The lowest BCUT2D eigenvalue weighted by Gasteiger charge is -2.15. The van der Waals surface area contributed by atoms with E-state index >= 15 is 0 Å². The molecule has 1 atom stereocenters. The van der Waals surface area contributed by atoms with E-state index in [0.717, 1.165) is 5.69 Å². The zero-order chi connectivity index (χ0) is 13.1. The summed E-state index contributed by atoms with van der Waals surface area (Å²) >= 11 is 1.71. The molecule has 2 rings (SSSR count). The average Bonchev–Trinajstić information content (AvgIpc) is 2.76. The molecule has 1 heterocycles. The predicted molar refractivity (Wildman–Crippen MR) is 74.5 cm³/mol. The average molecular weight is 261 g/mol. The molecule has 3 nitrogen and oxygen atoms in total. The first kappa shape index (κ1) is 12.6. The highest BCUT2D eigenvalue weighted by Crippen LogP contribution is 2.27. The molecule has 0 amide bonds. The molecule has 0 fully saturated rings. The summed E-state index contributed by atoms with van der Waals surface area (Å²) < 4.78 is 0. The van der Waals surface area contributed by atoms with Gasteiger partial charge in [-0.3, -0.25) is 0 Å². The van der Waals surface area contributed by atoms with E-state index in [-0.39, 0.29) is 6.04 Å². The van der Waals surface area contributed by atoms with Crippen molar-refractivity contribution in [1.29, 1.82) is 0 Å². The summed E-state index contributed by atoms with van der Waals surface area (Å²) in [6.07, 6.45) is 0. The quantitative estimate of drug-likeness (QED) is 0.876. The van der Waals surface area contributed by atoms with E-state index in [4.69, 9.17) is 5.11 Å². The number of anilines is 1. The van der Waals surface area contributed by atoms with Crippen molar-refractivity contribution in [2.45, 2.75) is 19.9 Å². The fourth-order valence-corrected chi connectivity index (χ4v) is 2.82. The third-order valence-electron chi connectivity index (χ3n) is 2.79. The maximum atomic E-state index is 10.9. The second-order valence-corrected chi connectivity index (χ2v) is 5.17. The van der Waals surface area contributed by atoms with Crippen LogP contribution in [0.4, 0.5) is 5.69 Å². The number of rotatable bonds is 4. The zero-order valence-corrected chi connectivity index (χ0v) is 11.1. The molecule has 0 aliphatic rings. The van der Waals surface area contributed by atoms with Crippen molar-refractivity contribution >= 4 is 23.0 Å². The first-order valence-corrected chi connectivity index (χ1v) is 6.60. The number of hydrogen-bond acceptors (Lipinski definition) is 3. The summed E-state index contributed by atoms with van der Waals surface area (Å²) in [5, 5.41) is 14.3. The number of hydrogen-bond donors (Lipinski definition) is 2. The summed E-state index contributed by atoms with van der Waals surface area (Å²) in [5.41, 5.74) is 2.39. The van der Waals surface area contributed by atoms with Gasteiger partial charge in [-0.1, -0.05) is 6.07 Å². The minimum absolute atomic E-state index is 0.175. The van der Waals surface area contributed by atoms with Crippen molar-refractivity contribution in [2.24, 2.45) is 0 Å². The molecule has 0 aliphatic heterocycles. The first-order valence-electron chi connectivity index (χ1n) is 5.72. The topological polar surface area (TPSA) is 49.3 Å². The van der Waals surface area contributed by atoms with Crippen molar-refractivity contribution in [3.8, 4) is 0 Å². The number of thiophene rings is 1. The van der Waals surface area contributed by atoms with Gasteiger partial charge in [-0.15, -0.1) is 11.3 Å². The van der Waals surface area contributed by atoms with Crippen LogP contribution in [0.3, 0.4) is 0 Å². The van der Waals surface area contributed by atoms with E-state index in [1.165, 1.54) is 10.4 Å². The molecule has 18 heavy (non-hydrogen) atoms. The van der Waals surface area contributed by atoms with E-state index in [1.54, 1.807) is 29.5 Å². The van der Waals surface area contributed by atoms with Crippen LogP contribution in [0, 0.1) is 6.92 Å². The van der Waals surface area contributed by atoms with Gasteiger partial charge >= 0.3 is 5.97 Å². The molecule has 0 aliphatic carbocycles. The molecule has 0 bridgehead atoms.